The first-order chi connectivity index (χ1) is 12.5. The van der Waals surface area contributed by atoms with Gasteiger partial charge in [-0.1, -0.05) is 0 Å². The first-order valence-electron chi connectivity index (χ1n) is 8.75. The molecule has 4 rings (SSSR count). The van der Waals surface area contributed by atoms with Gasteiger partial charge >= 0.3 is 0 Å². The largest absolute Gasteiger partial charge is 0.493 e. The van der Waals surface area contributed by atoms with Crippen LogP contribution in [-0.2, 0) is 11.0 Å². The molecule has 1 aromatic heterocycles. The molecule has 1 spiro atoms. The molecule has 0 saturated carbocycles. The van der Waals surface area contributed by atoms with Crippen molar-refractivity contribution in [2.24, 2.45) is 5.41 Å². The molecule has 2 aliphatic rings. The number of fused-ring (bicyclic) bond motifs is 1. The predicted octanol–water partition coefficient (Wildman–Crippen LogP) is 1.84. The van der Waals surface area contributed by atoms with Gasteiger partial charge in [-0.05, 0) is 18.9 Å². The van der Waals surface area contributed by atoms with E-state index in [0.29, 0.717) is 16.9 Å². The number of rotatable bonds is 4. The van der Waals surface area contributed by atoms with Gasteiger partial charge in [-0.2, -0.15) is 0 Å². The molecule has 1 atom stereocenters. The van der Waals surface area contributed by atoms with Crippen molar-refractivity contribution in [1.29, 1.82) is 0 Å². The quantitative estimate of drug-likeness (QED) is 0.811. The van der Waals surface area contributed by atoms with E-state index in [1.165, 1.54) is 0 Å². The second-order valence-electron chi connectivity index (χ2n) is 7.13. The Morgan fingerprint density at radius 1 is 1.08 bits per heavy atom. The van der Waals surface area contributed by atoms with Crippen molar-refractivity contribution in [3.63, 3.8) is 0 Å². The number of aromatic nitrogens is 2. The zero-order chi connectivity index (χ0) is 18.3. The van der Waals surface area contributed by atoms with Crippen LogP contribution in [-0.4, -0.2) is 65.1 Å². The Labute approximate surface area is 155 Å². The Morgan fingerprint density at radius 3 is 2.35 bits per heavy atom. The maximum absolute atomic E-state index is 11.6. The van der Waals surface area contributed by atoms with Gasteiger partial charge in [0.25, 0.3) is 0 Å². The van der Waals surface area contributed by atoms with Crippen LogP contribution in [0.5, 0.6) is 11.5 Å². The molecule has 0 radical (unpaired) electrons. The van der Waals surface area contributed by atoms with Crippen LogP contribution in [0.1, 0.15) is 12.8 Å². The zero-order valence-corrected chi connectivity index (χ0v) is 16.2. The highest BCUT2D eigenvalue weighted by molar-refractivity contribution is 7.81. The lowest BCUT2D eigenvalue weighted by Crippen LogP contribution is -2.60. The lowest BCUT2D eigenvalue weighted by atomic mass is 9.73. The van der Waals surface area contributed by atoms with E-state index in [9.17, 15) is 4.21 Å². The number of methoxy groups -OCH3 is 2. The van der Waals surface area contributed by atoms with E-state index in [1.807, 2.05) is 16.4 Å². The number of anilines is 1. The van der Waals surface area contributed by atoms with Crippen LogP contribution in [0, 0.1) is 5.41 Å². The fourth-order valence-corrected chi connectivity index (χ4v) is 4.93. The number of nitrogens with zero attached hydrogens (tertiary/aromatic N) is 4. The predicted molar refractivity (Wildman–Crippen MR) is 102 cm³/mol. The summed E-state index contributed by atoms with van der Waals surface area (Å²) in [5, 5.41) is 0.978. The lowest BCUT2D eigenvalue weighted by molar-refractivity contribution is 0.0482. The third kappa shape index (κ3) is 2.91. The molecule has 7 nitrogen and oxygen atoms in total. The minimum atomic E-state index is -0.848. The molecule has 140 valence electrons. The molecule has 2 aromatic rings. The molecule has 0 bridgehead atoms. The van der Waals surface area contributed by atoms with Gasteiger partial charge in [0.05, 0.1) is 30.7 Å². The van der Waals surface area contributed by atoms with Gasteiger partial charge in [0, 0.05) is 49.3 Å². The maximum atomic E-state index is 11.6. The molecule has 3 heterocycles. The minimum Gasteiger partial charge on any atom is -0.493 e. The summed E-state index contributed by atoms with van der Waals surface area (Å²) in [6.07, 6.45) is 5.56. The second kappa shape index (κ2) is 6.66. The Morgan fingerprint density at radius 2 is 1.73 bits per heavy atom. The topological polar surface area (TPSA) is 67.8 Å². The van der Waals surface area contributed by atoms with Crippen molar-refractivity contribution in [1.82, 2.24) is 14.3 Å². The van der Waals surface area contributed by atoms with E-state index in [-0.39, 0.29) is 0 Å². The minimum absolute atomic E-state index is 0.325. The van der Waals surface area contributed by atoms with Gasteiger partial charge in [-0.3, -0.25) is 0 Å². The van der Waals surface area contributed by atoms with Gasteiger partial charge in [0.1, 0.15) is 12.1 Å². The van der Waals surface area contributed by atoms with E-state index in [0.717, 1.165) is 55.7 Å². The number of hydrogen-bond donors (Lipinski definition) is 0. The monoisotopic (exact) mass is 376 g/mol. The van der Waals surface area contributed by atoms with Crippen molar-refractivity contribution in [3.8, 4) is 11.5 Å². The van der Waals surface area contributed by atoms with E-state index >= 15 is 0 Å². The van der Waals surface area contributed by atoms with Crippen LogP contribution in [0.25, 0.3) is 10.9 Å². The second-order valence-corrected chi connectivity index (χ2v) is 8.49. The zero-order valence-electron chi connectivity index (χ0n) is 15.4. The highest BCUT2D eigenvalue weighted by Gasteiger charge is 2.46. The molecule has 0 amide bonds. The molecule has 1 unspecified atom stereocenters. The van der Waals surface area contributed by atoms with Gasteiger partial charge in [0.2, 0.25) is 0 Å². The average Bonchev–Trinajstić information content (AvgIpc) is 2.64. The van der Waals surface area contributed by atoms with Crippen molar-refractivity contribution in [2.45, 2.75) is 12.8 Å². The van der Waals surface area contributed by atoms with Gasteiger partial charge in [-0.25, -0.2) is 18.5 Å². The summed E-state index contributed by atoms with van der Waals surface area (Å²) in [6.45, 7) is 3.79. The van der Waals surface area contributed by atoms with E-state index in [4.69, 9.17) is 9.47 Å². The molecular weight excluding hydrogens is 352 g/mol. The molecule has 2 fully saturated rings. The summed E-state index contributed by atoms with van der Waals surface area (Å²) in [4.78, 5) is 11.3. The van der Waals surface area contributed by atoms with E-state index < -0.39 is 11.0 Å². The van der Waals surface area contributed by atoms with Crippen molar-refractivity contribution >= 4 is 27.7 Å². The normalized spacial score (nSPS) is 20.8. The lowest BCUT2D eigenvalue weighted by Gasteiger charge is -2.53. The standard InChI is InChI=1S/C18H24N4O3S/c1-24-15-8-13-14(9-16(15)25-2)19-12-20-17(13)21-6-4-18(5-7-21)10-22(11-18)26(3)23/h8-9,12H,4-7,10-11H2,1-3H3. The SMILES string of the molecule is COc1cc2ncnc(N3CCC4(CC3)CN(S(C)=O)C4)c2cc1OC. The average molecular weight is 376 g/mol. The first-order valence-corrected chi connectivity index (χ1v) is 10.3. The van der Waals surface area contributed by atoms with Crippen LogP contribution >= 0.6 is 0 Å². The summed E-state index contributed by atoms with van der Waals surface area (Å²) < 4.78 is 24.5. The maximum Gasteiger partial charge on any atom is 0.162 e. The number of ether oxygens (including phenoxy) is 2. The van der Waals surface area contributed by atoms with Crippen molar-refractivity contribution < 1.29 is 13.7 Å². The summed E-state index contributed by atoms with van der Waals surface area (Å²) in [5.41, 5.74) is 1.18. The Bertz CT molecular complexity index is 844. The summed E-state index contributed by atoms with van der Waals surface area (Å²) in [7, 11) is 2.41. The Balaban J connectivity index is 1.57. The Kier molecular flexibility index (Phi) is 4.48. The molecule has 0 aliphatic carbocycles. The molecular formula is C18H24N4O3S. The smallest absolute Gasteiger partial charge is 0.162 e. The third-order valence-electron chi connectivity index (χ3n) is 5.63. The Hall–Kier alpha value is -1.93. The molecule has 2 saturated heterocycles. The summed E-state index contributed by atoms with van der Waals surface area (Å²) >= 11 is 0. The summed E-state index contributed by atoms with van der Waals surface area (Å²) in [6, 6.07) is 3.85. The van der Waals surface area contributed by atoms with Gasteiger partial charge in [0.15, 0.2) is 11.5 Å². The number of benzene rings is 1. The number of piperidine rings is 1. The molecule has 2 aliphatic heterocycles. The number of hydrogen-bond acceptors (Lipinski definition) is 6. The molecule has 0 N–H and O–H groups in total. The highest BCUT2D eigenvalue weighted by atomic mass is 32.2. The van der Waals surface area contributed by atoms with Gasteiger partial charge < -0.3 is 14.4 Å². The van der Waals surface area contributed by atoms with Gasteiger partial charge in [-0.15, -0.1) is 0 Å². The van der Waals surface area contributed by atoms with Crippen LogP contribution in [0.4, 0.5) is 5.82 Å². The third-order valence-corrected chi connectivity index (χ3v) is 6.62. The fraction of sp³-hybridized carbons (Fsp3) is 0.556. The van der Waals surface area contributed by atoms with Crippen LogP contribution < -0.4 is 14.4 Å². The highest BCUT2D eigenvalue weighted by Crippen LogP contribution is 2.43. The fourth-order valence-electron chi connectivity index (χ4n) is 4.01. The molecule has 8 heteroatoms. The van der Waals surface area contributed by atoms with Crippen LogP contribution in [0.2, 0.25) is 0 Å². The first kappa shape index (κ1) is 17.5. The van der Waals surface area contributed by atoms with Crippen molar-refractivity contribution in [3.05, 3.63) is 18.5 Å². The van der Waals surface area contributed by atoms with Crippen molar-refractivity contribution in [2.75, 3.05) is 51.6 Å². The van der Waals surface area contributed by atoms with E-state index in [1.54, 1.807) is 26.8 Å². The van der Waals surface area contributed by atoms with Crippen LogP contribution in [0.3, 0.4) is 0 Å². The molecule has 1 aromatic carbocycles. The van der Waals surface area contributed by atoms with Crippen LogP contribution in [0.15, 0.2) is 18.5 Å². The summed E-state index contributed by atoms with van der Waals surface area (Å²) in [5.74, 6) is 2.30. The molecule has 26 heavy (non-hydrogen) atoms. The van der Waals surface area contributed by atoms with E-state index in [2.05, 4.69) is 14.9 Å².